The minimum atomic E-state index is -0.758. The molecule has 0 saturated carbocycles. The van der Waals surface area contributed by atoms with E-state index in [1.165, 1.54) is 0 Å². The highest BCUT2D eigenvalue weighted by atomic mass is 16.5. The van der Waals surface area contributed by atoms with Crippen LogP contribution in [0.4, 0.5) is 5.82 Å². The number of hydrogen-bond acceptors (Lipinski definition) is 5. The molecule has 1 aromatic heterocycles. The fraction of sp³-hybridized carbons (Fsp3) is 0.615. The largest absolute Gasteiger partial charge is 0.481 e. The number of anilines is 1. The molecule has 1 aliphatic heterocycles. The highest BCUT2D eigenvalue weighted by molar-refractivity contribution is 5.75. The Kier molecular flexibility index (Phi) is 3.87. The van der Waals surface area contributed by atoms with Crippen molar-refractivity contribution in [2.75, 3.05) is 24.6 Å². The van der Waals surface area contributed by atoms with Gasteiger partial charge in [0.2, 0.25) is 5.88 Å². The van der Waals surface area contributed by atoms with E-state index >= 15 is 0 Å². The molecule has 6 heteroatoms. The fourth-order valence-electron chi connectivity index (χ4n) is 2.32. The molecule has 0 amide bonds. The Bertz CT molecular complexity index is 466. The van der Waals surface area contributed by atoms with E-state index in [1.54, 1.807) is 19.3 Å². The predicted octanol–water partition coefficient (Wildman–Crippen LogP) is 1.57. The number of ether oxygens (including phenoxy) is 1. The Labute approximate surface area is 112 Å². The Hall–Kier alpha value is -1.85. The number of carboxylic acid groups (broad SMARTS) is 1. The van der Waals surface area contributed by atoms with Crippen LogP contribution in [0.15, 0.2) is 12.4 Å². The van der Waals surface area contributed by atoms with Gasteiger partial charge in [0, 0.05) is 13.1 Å². The summed E-state index contributed by atoms with van der Waals surface area (Å²) in [6.07, 6.45) is 4.74. The van der Waals surface area contributed by atoms with Crippen molar-refractivity contribution >= 4 is 11.8 Å². The van der Waals surface area contributed by atoms with Gasteiger partial charge in [0.1, 0.15) is 0 Å². The van der Waals surface area contributed by atoms with Gasteiger partial charge in [-0.15, -0.1) is 0 Å². The van der Waals surface area contributed by atoms with Gasteiger partial charge in [0.05, 0.1) is 24.4 Å². The molecule has 1 aliphatic rings. The van der Waals surface area contributed by atoms with Gasteiger partial charge in [-0.2, -0.15) is 4.98 Å². The molecule has 19 heavy (non-hydrogen) atoms. The Morgan fingerprint density at radius 1 is 1.58 bits per heavy atom. The van der Waals surface area contributed by atoms with Gasteiger partial charge >= 0.3 is 5.97 Å². The van der Waals surface area contributed by atoms with Crippen molar-refractivity contribution in [1.82, 2.24) is 9.97 Å². The lowest BCUT2D eigenvalue weighted by atomic mass is 9.82. The van der Waals surface area contributed by atoms with E-state index in [9.17, 15) is 9.90 Å². The maximum atomic E-state index is 11.3. The Balaban J connectivity index is 2.17. The number of nitrogens with zero attached hydrogens (tertiary/aromatic N) is 3. The van der Waals surface area contributed by atoms with Crippen molar-refractivity contribution in [3.05, 3.63) is 12.4 Å². The molecule has 0 radical (unpaired) electrons. The zero-order valence-electron chi connectivity index (χ0n) is 11.3. The number of aromatic nitrogens is 2. The number of piperidine rings is 1. The highest BCUT2D eigenvalue weighted by Crippen LogP contribution is 2.31. The zero-order valence-corrected chi connectivity index (χ0v) is 11.3. The maximum Gasteiger partial charge on any atom is 0.311 e. The van der Waals surface area contributed by atoms with E-state index in [0.717, 1.165) is 13.0 Å². The summed E-state index contributed by atoms with van der Waals surface area (Å²) < 4.78 is 5.32. The lowest BCUT2D eigenvalue weighted by Crippen LogP contribution is -2.46. The molecule has 1 saturated heterocycles. The van der Waals surface area contributed by atoms with Crippen LogP contribution in [0.1, 0.15) is 26.7 Å². The zero-order chi connectivity index (χ0) is 13.9. The smallest absolute Gasteiger partial charge is 0.311 e. The molecule has 0 aromatic carbocycles. The quantitative estimate of drug-likeness (QED) is 0.890. The molecule has 0 bridgehead atoms. The molecule has 1 atom stereocenters. The summed E-state index contributed by atoms with van der Waals surface area (Å²) in [5.74, 6) is 0.395. The van der Waals surface area contributed by atoms with E-state index in [1.807, 2.05) is 11.8 Å². The number of rotatable bonds is 4. The molecular weight excluding hydrogens is 246 g/mol. The van der Waals surface area contributed by atoms with Crippen LogP contribution in [0, 0.1) is 5.41 Å². The van der Waals surface area contributed by atoms with Crippen LogP contribution in [0.25, 0.3) is 0 Å². The molecule has 0 aliphatic carbocycles. The van der Waals surface area contributed by atoms with Crippen molar-refractivity contribution in [1.29, 1.82) is 0 Å². The Morgan fingerprint density at radius 3 is 3.05 bits per heavy atom. The first-order chi connectivity index (χ1) is 9.05. The van der Waals surface area contributed by atoms with Gasteiger partial charge < -0.3 is 14.7 Å². The first-order valence-electron chi connectivity index (χ1n) is 6.48. The molecular formula is C13H19N3O3. The molecule has 2 heterocycles. The van der Waals surface area contributed by atoms with Crippen molar-refractivity contribution < 1.29 is 14.6 Å². The van der Waals surface area contributed by atoms with Crippen molar-refractivity contribution in [3.63, 3.8) is 0 Å². The molecule has 0 spiro atoms. The number of hydrogen-bond donors (Lipinski definition) is 1. The van der Waals surface area contributed by atoms with Crippen LogP contribution in [0.5, 0.6) is 5.88 Å². The number of carboxylic acids is 1. The summed E-state index contributed by atoms with van der Waals surface area (Å²) in [6.45, 7) is 5.45. The summed E-state index contributed by atoms with van der Waals surface area (Å²) in [5, 5.41) is 9.31. The Morgan fingerprint density at radius 2 is 2.37 bits per heavy atom. The average Bonchev–Trinajstić information content (AvgIpc) is 2.39. The van der Waals surface area contributed by atoms with E-state index < -0.39 is 11.4 Å². The second kappa shape index (κ2) is 5.42. The van der Waals surface area contributed by atoms with E-state index in [2.05, 4.69) is 9.97 Å². The SMILES string of the molecule is CCOc1cncc(N2CCCC(C)(C(=O)O)C2)n1. The standard InChI is InChI=1S/C13H19N3O3/c1-3-19-11-8-14-7-10(15-11)16-6-4-5-13(2,9-16)12(17)18/h7-8H,3-6,9H2,1-2H3,(H,17,18). The third kappa shape index (κ3) is 2.94. The molecule has 1 aromatic rings. The summed E-state index contributed by atoms with van der Waals surface area (Å²) in [4.78, 5) is 21.8. The van der Waals surface area contributed by atoms with E-state index in [0.29, 0.717) is 31.3 Å². The van der Waals surface area contributed by atoms with Crippen LogP contribution >= 0.6 is 0 Å². The van der Waals surface area contributed by atoms with Crippen molar-refractivity contribution in [2.24, 2.45) is 5.41 Å². The number of carbonyl (C=O) groups is 1. The van der Waals surface area contributed by atoms with Gasteiger partial charge in [0.25, 0.3) is 0 Å². The molecule has 1 unspecified atom stereocenters. The summed E-state index contributed by atoms with van der Waals surface area (Å²) in [6, 6.07) is 0. The van der Waals surface area contributed by atoms with Crippen LogP contribution in [0.2, 0.25) is 0 Å². The summed E-state index contributed by atoms with van der Waals surface area (Å²) >= 11 is 0. The van der Waals surface area contributed by atoms with Crippen LogP contribution in [-0.4, -0.2) is 40.7 Å². The first kappa shape index (κ1) is 13.6. The normalized spacial score (nSPS) is 23.2. The second-order valence-electron chi connectivity index (χ2n) is 5.04. The third-order valence-electron chi connectivity index (χ3n) is 3.43. The van der Waals surface area contributed by atoms with E-state index in [4.69, 9.17) is 4.74 Å². The predicted molar refractivity (Wildman–Crippen MR) is 70.4 cm³/mol. The lowest BCUT2D eigenvalue weighted by Gasteiger charge is -2.38. The monoisotopic (exact) mass is 265 g/mol. The first-order valence-corrected chi connectivity index (χ1v) is 6.48. The summed E-state index contributed by atoms with van der Waals surface area (Å²) in [7, 11) is 0. The van der Waals surface area contributed by atoms with Crippen molar-refractivity contribution in [2.45, 2.75) is 26.7 Å². The maximum absolute atomic E-state index is 11.3. The minimum Gasteiger partial charge on any atom is -0.481 e. The van der Waals surface area contributed by atoms with Crippen LogP contribution in [0.3, 0.4) is 0 Å². The third-order valence-corrected chi connectivity index (χ3v) is 3.43. The van der Waals surface area contributed by atoms with Gasteiger partial charge in [-0.25, -0.2) is 0 Å². The highest BCUT2D eigenvalue weighted by Gasteiger charge is 2.38. The topological polar surface area (TPSA) is 75.5 Å². The van der Waals surface area contributed by atoms with E-state index in [-0.39, 0.29) is 0 Å². The molecule has 1 N–H and O–H groups in total. The molecule has 1 fully saturated rings. The fourth-order valence-corrected chi connectivity index (χ4v) is 2.32. The number of aliphatic carboxylic acids is 1. The van der Waals surface area contributed by atoms with Gasteiger partial charge in [-0.1, -0.05) is 0 Å². The van der Waals surface area contributed by atoms with Gasteiger partial charge in [-0.05, 0) is 26.7 Å². The average molecular weight is 265 g/mol. The van der Waals surface area contributed by atoms with Gasteiger partial charge in [-0.3, -0.25) is 9.78 Å². The second-order valence-corrected chi connectivity index (χ2v) is 5.04. The van der Waals surface area contributed by atoms with Gasteiger partial charge in [0.15, 0.2) is 5.82 Å². The van der Waals surface area contributed by atoms with Crippen LogP contribution < -0.4 is 9.64 Å². The molecule has 2 rings (SSSR count). The minimum absolute atomic E-state index is 0.451. The van der Waals surface area contributed by atoms with Crippen molar-refractivity contribution in [3.8, 4) is 5.88 Å². The van der Waals surface area contributed by atoms with Crippen LogP contribution in [-0.2, 0) is 4.79 Å². The molecule has 6 nitrogen and oxygen atoms in total. The lowest BCUT2D eigenvalue weighted by molar-refractivity contribution is -0.148. The summed E-state index contributed by atoms with van der Waals surface area (Å²) in [5.41, 5.74) is -0.721. The molecule has 104 valence electrons.